The largest absolute Gasteiger partial charge is 0.495 e. The lowest BCUT2D eigenvalue weighted by Gasteiger charge is -2.23. The van der Waals surface area contributed by atoms with Gasteiger partial charge < -0.3 is 14.4 Å². The molecule has 0 spiro atoms. The van der Waals surface area contributed by atoms with Gasteiger partial charge in [0.2, 0.25) is 10.0 Å². The predicted octanol–water partition coefficient (Wildman–Crippen LogP) is 4.27. The number of aryl methyl sites for hydroxylation is 1. The van der Waals surface area contributed by atoms with Crippen molar-refractivity contribution in [1.29, 1.82) is 0 Å². The number of aromatic nitrogens is 1. The molecule has 0 saturated heterocycles. The molecule has 12 heteroatoms. The summed E-state index contributed by atoms with van der Waals surface area (Å²) in [4.78, 5) is 32.2. The minimum Gasteiger partial charge on any atom is -0.495 e. The van der Waals surface area contributed by atoms with Crippen LogP contribution in [0.2, 0.25) is 0 Å². The van der Waals surface area contributed by atoms with Crippen LogP contribution in [0.15, 0.2) is 52.3 Å². The molecule has 0 radical (unpaired) electrons. The third-order valence-corrected chi connectivity index (χ3v) is 9.10. The molecule has 2 aromatic carbocycles. The summed E-state index contributed by atoms with van der Waals surface area (Å²) in [5.74, 6) is -0.588. The van der Waals surface area contributed by atoms with E-state index in [-0.39, 0.29) is 18.1 Å². The van der Waals surface area contributed by atoms with Crippen molar-refractivity contribution in [3.05, 3.63) is 74.1 Å². The number of ether oxygens (including phenoxy) is 2. The van der Waals surface area contributed by atoms with E-state index in [1.807, 2.05) is 30.3 Å². The number of nitrogens with zero attached hydrogens (tertiary/aromatic N) is 3. The summed E-state index contributed by atoms with van der Waals surface area (Å²) in [5.41, 5.74) is 1.61. The topological polar surface area (TPSA) is 106 Å². The second kappa shape index (κ2) is 13.3. The van der Waals surface area contributed by atoms with Crippen molar-refractivity contribution in [2.45, 2.75) is 19.4 Å². The Morgan fingerprint density at radius 2 is 1.68 bits per heavy atom. The first kappa shape index (κ1) is 29.8. The van der Waals surface area contributed by atoms with Crippen molar-refractivity contribution < 1.29 is 27.5 Å². The maximum absolute atomic E-state index is 13.7. The van der Waals surface area contributed by atoms with Gasteiger partial charge >= 0.3 is 0 Å². The van der Waals surface area contributed by atoms with Crippen LogP contribution < -0.4 is 9.47 Å². The Morgan fingerprint density at radius 3 is 2.26 bits per heavy atom. The molecule has 0 saturated carbocycles. The van der Waals surface area contributed by atoms with Gasteiger partial charge in [-0.2, -0.15) is 0 Å². The van der Waals surface area contributed by atoms with Crippen molar-refractivity contribution in [2.24, 2.45) is 0 Å². The zero-order valence-corrected chi connectivity index (χ0v) is 24.9. The van der Waals surface area contributed by atoms with Crippen LogP contribution in [0, 0.1) is 0 Å². The number of halogens is 1. The highest BCUT2D eigenvalue weighted by Gasteiger charge is 2.24. The third kappa shape index (κ3) is 7.62. The average molecular weight is 625 g/mol. The molecular formula is C26H30BrN3O6S2. The average Bonchev–Trinajstić information content (AvgIpc) is 3.37. The second-order valence-electron chi connectivity index (χ2n) is 8.60. The maximum atomic E-state index is 13.7. The maximum Gasteiger partial charge on any atom is 0.254 e. The summed E-state index contributed by atoms with van der Waals surface area (Å²) >= 11 is 4.64. The minimum absolute atomic E-state index is 0.0686. The summed E-state index contributed by atoms with van der Waals surface area (Å²) in [6, 6.07) is 13.3. The van der Waals surface area contributed by atoms with Gasteiger partial charge in [-0.15, -0.1) is 11.3 Å². The van der Waals surface area contributed by atoms with Gasteiger partial charge in [-0.25, -0.2) is 17.7 Å². The number of Topliss-reactive ketones (excluding diaryl/α,β-unsaturated/α-hetero) is 1. The molecule has 1 aromatic heterocycles. The van der Waals surface area contributed by atoms with E-state index < -0.39 is 21.6 Å². The van der Waals surface area contributed by atoms with Crippen LogP contribution in [0.3, 0.4) is 0 Å². The number of rotatable bonds is 13. The molecule has 204 valence electrons. The number of carbonyl (C=O) groups is 2. The number of hydrogen-bond acceptors (Lipinski definition) is 8. The number of thiazole rings is 1. The van der Waals surface area contributed by atoms with E-state index in [1.54, 1.807) is 17.0 Å². The standard InChI is InChI=1S/C26H30BrN3O6S2/c1-29(2)38(33,34)17-21(31)20-16-37-24(28-20)15-30(12-8-11-18-9-6-5-7-10-18)26(32)19-13-22(35-3)25(27)23(14-19)36-4/h5-7,9-10,13-14,16H,8,11-12,15,17H2,1-4H3. The van der Waals surface area contributed by atoms with E-state index >= 15 is 0 Å². The van der Waals surface area contributed by atoms with Gasteiger partial charge in [0, 0.05) is 31.6 Å². The molecule has 0 unspecified atom stereocenters. The molecule has 0 bridgehead atoms. The van der Waals surface area contributed by atoms with Gasteiger partial charge in [0.15, 0.2) is 5.78 Å². The normalized spacial score (nSPS) is 11.4. The Balaban J connectivity index is 1.84. The lowest BCUT2D eigenvalue weighted by Crippen LogP contribution is -2.32. The molecule has 1 heterocycles. The monoisotopic (exact) mass is 623 g/mol. The first-order chi connectivity index (χ1) is 18.1. The lowest BCUT2D eigenvalue weighted by atomic mass is 10.1. The van der Waals surface area contributed by atoms with Crippen molar-refractivity contribution in [2.75, 3.05) is 40.6 Å². The Morgan fingerprint density at radius 1 is 1.05 bits per heavy atom. The first-order valence-corrected chi connectivity index (χ1v) is 15.0. The second-order valence-corrected chi connectivity index (χ2v) is 12.5. The van der Waals surface area contributed by atoms with Crippen LogP contribution in [-0.2, 0) is 23.0 Å². The van der Waals surface area contributed by atoms with Gasteiger partial charge in [0.25, 0.3) is 5.91 Å². The van der Waals surface area contributed by atoms with Crippen LogP contribution in [0.5, 0.6) is 11.5 Å². The molecule has 0 aliphatic rings. The van der Waals surface area contributed by atoms with Crippen molar-refractivity contribution >= 4 is 49.0 Å². The molecule has 38 heavy (non-hydrogen) atoms. The molecule has 1 amide bonds. The molecular weight excluding hydrogens is 594 g/mol. The molecule has 0 atom stereocenters. The Kier molecular flexibility index (Phi) is 10.4. The van der Waals surface area contributed by atoms with E-state index in [2.05, 4.69) is 20.9 Å². The Hall–Kier alpha value is -2.80. The van der Waals surface area contributed by atoms with Crippen LogP contribution in [0.1, 0.15) is 37.8 Å². The van der Waals surface area contributed by atoms with Crippen LogP contribution in [0.4, 0.5) is 0 Å². The Labute approximate surface area is 235 Å². The van der Waals surface area contributed by atoms with Gasteiger partial charge in [0.05, 0.1) is 20.8 Å². The molecule has 0 N–H and O–H groups in total. The predicted molar refractivity (Wildman–Crippen MR) is 151 cm³/mol. The summed E-state index contributed by atoms with van der Waals surface area (Å²) in [6.07, 6.45) is 1.49. The van der Waals surface area contributed by atoms with Crippen molar-refractivity contribution in [3.63, 3.8) is 0 Å². The smallest absolute Gasteiger partial charge is 0.254 e. The third-order valence-electron chi connectivity index (χ3n) is 5.75. The molecule has 0 aliphatic heterocycles. The van der Waals surface area contributed by atoms with Gasteiger partial charge in [-0.3, -0.25) is 9.59 Å². The fraction of sp³-hybridized carbons (Fsp3) is 0.346. The van der Waals surface area contributed by atoms with E-state index in [1.165, 1.54) is 45.0 Å². The van der Waals surface area contributed by atoms with Crippen molar-refractivity contribution in [1.82, 2.24) is 14.2 Å². The van der Waals surface area contributed by atoms with Gasteiger partial charge in [0.1, 0.15) is 32.4 Å². The SMILES string of the molecule is COc1cc(C(=O)N(CCCc2ccccc2)Cc2nc(C(=O)CS(=O)(=O)N(C)C)cs2)cc(OC)c1Br. The zero-order chi connectivity index (χ0) is 27.9. The minimum atomic E-state index is -3.71. The van der Waals surface area contributed by atoms with E-state index in [0.29, 0.717) is 39.5 Å². The van der Waals surface area contributed by atoms with Gasteiger partial charge in [-0.1, -0.05) is 30.3 Å². The number of sulfonamides is 1. The quantitative estimate of drug-likeness (QED) is 0.262. The van der Waals surface area contributed by atoms with Crippen molar-refractivity contribution in [3.8, 4) is 11.5 Å². The summed E-state index contributed by atoms with van der Waals surface area (Å²) in [6.45, 7) is 0.596. The van der Waals surface area contributed by atoms with E-state index in [4.69, 9.17) is 9.47 Å². The Bertz CT molecular complexity index is 1350. The number of carbonyl (C=O) groups excluding carboxylic acids is 2. The first-order valence-electron chi connectivity index (χ1n) is 11.7. The lowest BCUT2D eigenvalue weighted by molar-refractivity contribution is 0.0740. The molecule has 0 fully saturated rings. The molecule has 9 nitrogen and oxygen atoms in total. The number of ketones is 1. The number of benzene rings is 2. The van der Waals surface area contributed by atoms with Crippen LogP contribution >= 0.6 is 27.3 Å². The molecule has 0 aliphatic carbocycles. The fourth-order valence-corrected chi connectivity index (χ4v) is 5.69. The highest BCUT2D eigenvalue weighted by Crippen LogP contribution is 2.36. The zero-order valence-electron chi connectivity index (χ0n) is 21.6. The van der Waals surface area contributed by atoms with Gasteiger partial charge in [-0.05, 0) is 46.5 Å². The highest BCUT2D eigenvalue weighted by atomic mass is 79.9. The van der Waals surface area contributed by atoms with E-state index in [0.717, 1.165) is 16.3 Å². The fourth-order valence-electron chi connectivity index (χ4n) is 3.59. The number of amides is 1. The molecule has 3 aromatic rings. The van der Waals surface area contributed by atoms with E-state index in [9.17, 15) is 18.0 Å². The number of hydrogen-bond donors (Lipinski definition) is 0. The summed E-state index contributed by atoms with van der Waals surface area (Å²) in [5, 5.41) is 2.06. The number of methoxy groups -OCH3 is 2. The summed E-state index contributed by atoms with van der Waals surface area (Å²) in [7, 11) is 2.06. The van der Waals surface area contributed by atoms with Crippen LogP contribution in [-0.4, -0.2) is 74.9 Å². The summed E-state index contributed by atoms with van der Waals surface area (Å²) < 4.78 is 36.6. The van der Waals surface area contributed by atoms with Crippen LogP contribution in [0.25, 0.3) is 0 Å². The highest BCUT2D eigenvalue weighted by molar-refractivity contribution is 9.10. The molecule has 3 rings (SSSR count).